The van der Waals surface area contributed by atoms with Gasteiger partial charge in [-0.15, -0.1) is 0 Å². The highest BCUT2D eigenvalue weighted by atomic mass is 16.2. The Morgan fingerprint density at radius 2 is 1.95 bits per heavy atom. The molecule has 0 atom stereocenters. The van der Waals surface area contributed by atoms with Crippen molar-refractivity contribution in [1.29, 1.82) is 0 Å². The van der Waals surface area contributed by atoms with E-state index in [1.54, 1.807) is 0 Å². The topological polar surface area (TPSA) is 62.0 Å². The first kappa shape index (κ1) is 13.1. The second-order valence-corrected chi connectivity index (χ2v) is 4.63. The third-order valence-corrected chi connectivity index (χ3v) is 2.85. The summed E-state index contributed by atoms with van der Waals surface area (Å²) in [6, 6.07) is 10.3. The normalized spacial score (nSPS) is 10.5. The molecule has 2 rings (SSSR count). The lowest BCUT2D eigenvalue weighted by molar-refractivity contribution is 0.102. The first-order valence-electron chi connectivity index (χ1n) is 6.17. The number of nitrogens with one attached hydrogen (secondary N) is 2. The van der Waals surface area contributed by atoms with Crippen molar-refractivity contribution < 1.29 is 4.79 Å². The Hall–Kier alpha value is -2.36. The zero-order chi connectivity index (χ0) is 13.8. The fourth-order valence-electron chi connectivity index (χ4n) is 1.88. The van der Waals surface area contributed by atoms with E-state index in [-0.39, 0.29) is 17.0 Å². The highest BCUT2D eigenvalue weighted by Gasteiger charge is 2.11. The Labute approximate surface area is 111 Å². The number of aromatic nitrogens is 1. The number of anilines is 1. The summed E-state index contributed by atoms with van der Waals surface area (Å²) in [5.41, 5.74) is 1.90. The minimum atomic E-state index is -0.314. The standard InChI is InChI=1S/C15H16N2O2/c1-10(2)12-5-3-4-6-13(12)17-15(19)14-9-11(18)7-8-16-14/h3-10H,1-2H3,(H,16,18)(H,17,19). The highest BCUT2D eigenvalue weighted by molar-refractivity contribution is 6.03. The minimum Gasteiger partial charge on any atom is -0.357 e. The quantitative estimate of drug-likeness (QED) is 0.887. The highest BCUT2D eigenvalue weighted by Crippen LogP contribution is 2.23. The van der Waals surface area contributed by atoms with E-state index in [1.165, 1.54) is 18.3 Å². The summed E-state index contributed by atoms with van der Waals surface area (Å²) in [5, 5.41) is 2.83. The van der Waals surface area contributed by atoms with Crippen LogP contribution in [0, 0.1) is 0 Å². The largest absolute Gasteiger partial charge is 0.357 e. The van der Waals surface area contributed by atoms with Gasteiger partial charge in [-0.2, -0.15) is 0 Å². The van der Waals surface area contributed by atoms with E-state index in [9.17, 15) is 9.59 Å². The van der Waals surface area contributed by atoms with Crippen molar-refractivity contribution in [3.8, 4) is 0 Å². The van der Waals surface area contributed by atoms with Crippen molar-refractivity contribution >= 4 is 11.6 Å². The Morgan fingerprint density at radius 1 is 1.21 bits per heavy atom. The van der Waals surface area contributed by atoms with Crippen LogP contribution in [0.4, 0.5) is 5.69 Å². The van der Waals surface area contributed by atoms with Gasteiger partial charge in [-0.3, -0.25) is 9.59 Å². The predicted molar refractivity (Wildman–Crippen MR) is 75.5 cm³/mol. The van der Waals surface area contributed by atoms with Gasteiger partial charge in [0.2, 0.25) is 0 Å². The van der Waals surface area contributed by atoms with Gasteiger partial charge < -0.3 is 10.3 Å². The summed E-state index contributed by atoms with van der Waals surface area (Å²) in [6.07, 6.45) is 1.46. The summed E-state index contributed by atoms with van der Waals surface area (Å²) in [7, 11) is 0. The third-order valence-electron chi connectivity index (χ3n) is 2.85. The monoisotopic (exact) mass is 256 g/mol. The molecule has 0 aliphatic heterocycles. The van der Waals surface area contributed by atoms with Crippen LogP contribution >= 0.6 is 0 Å². The van der Waals surface area contributed by atoms with Crippen LogP contribution in [0.1, 0.15) is 35.8 Å². The molecule has 0 aliphatic carbocycles. The molecule has 1 aromatic carbocycles. The zero-order valence-electron chi connectivity index (χ0n) is 10.9. The van der Waals surface area contributed by atoms with Gasteiger partial charge in [0, 0.05) is 24.0 Å². The maximum atomic E-state index is 12.1. The van der Waals surface area contributed by atoms with Crippen molar-refractivity contribution in [2.75, 3.05) is 5.32 Å². The maximum absolute atomic E-state index is 12.1. The minimum absolute atomic E-state index is 0.193. The van der Waals surface area contributed by atoms with Gasteiger partial charge in [-0.05, 0) is 17.5 Å². The van der Waals surface area contributed by atoms with Crippen molar-refractivity contribution in [2.24, 2.45) is 0 Å². The lowest BCUT2D eigenvalue weighted by atomic mass is 10.0. The molecular weight excluding hydrogens is 240 g/mol. The number of para-hydroxylation sites is 1. The zero-order valence-corrected chi connectivity index (χ0v) is 10.9. The fourth-order valence-corrected chi connectivity index (χ4v) is 1.88. The lowest BCUT2D eigenvalue weighted by Gasteiger charge is -2.13. The molecule has 98 valence electrons. The van der Waals surface area contributed by atoms with E-state index in [0.29, 0.717) is 5.92 Å². The number of H-pyrrole nitrogens is 1. The molecule has 0 bridgehead atoms. The molecule has 0 aliphatic rings. The molecule has 0 unspecified atom stereocenters. The number of pyridine rings is 1. The number of rotatable bonds is 3. The number of aromatic amines is 1. The van der Waals surface area contributed by atoms with Crippen LogP contribution in [0.3, 0.4) is 0 Å². The van der Waals surface area contributed by atoms with Crippen molar-refractivity contribution in [3.63, 3.8) is 0 Å². The predicted octanol–water partition coefficient (Wildman–Crippen LogP) is 2.75. The molecule has 0 saturated carbocycles. The Balaban J connectivity index is 2.27. The smallest absolute Gasteiger partial charge is 0.272 e. The van der Waals surface area contributed by atoms with E-state index in [0.717, 1.165) is 11.3 Å². The average molecular weight is 256 g/mol. The molecular formula is C15H16N2O2. The second kappa shape index (κ2) is 5.52. The van der Waals surface area contributed by atoms with Gasteiger partial charge in [0.05, 0.1) is 0 Å². The third kappa shape index (κ3) is 3.10. The second-order valence-electron chi connectivity index (χ2n) is 4.63. The van der Waals surface area contributed by atoms with E-state index in [4.69, 9.17) is 0 Å². The van der Waals surface area contributed by atoms with E-state index >= 15 is 0 Å². The number of carbonyl (C=O) groups is 1. The van der Waals surface area contributed by atoms with Crippen LogP contribution in [0.25, 0.3) is 0 Å². The summed E-state index contributed by atoms with van der Waals surface area (Å²) in [6.45, 7) is 4.13. The number of amides is 1. The number of hydrogen-bond donors (Lipinski definition) is 2. The molecule has 19 heavy (non-hydrogen) atoms. The molecule has 1 heterocycles. The number of benzene rings is 1. The summed E-state index contributed by atoms with van der Waals surface area (Å²) < 4.78 is 0. The number of carbonyl (C=O) groups excluding carboxylic acids is 1. The molecule has 4 heteroatoms. The van der Waals surface area contributed by atoms with Crippen molar-refractivity contribution in [1.82, 2.24) is 4.98 Å². The van der Waals surface area contributed by atoms with Crippen LogP contribution in [-0.4, -0.2) is 10.9 Å². The van der Waals surface area contributed by atoms with Crippen LogP contribution in [0.15, 0.2) is 47.4 Å². The van der Waals surface area contributed by atoms with Gasteiger partial charge >= 0.3 is 0 Å². The molecule has 1 amide bonds. The average Bonchev–Trinajstić information content (AvgIpc) is 2.39. The summed E-state index contributed by atoms with van der Waals surface area (Å²) in [5.74, 6) is -0.00266. The molecule has 2 N–H and O–H groups in total. The van der Waals surface area contributed by atoms with Crippen molar-refractivity contribution in [3.05, 3.63) is 64.1 Å². The molecule has 0 saturated heterocycles. The molecule has 0 radical (unpaired) electrons. The van der Waals surface area contributed by atoms with Crippen LogP contribution < -0.4 is 10.7 Å². The fraction of sp³-hybridized carbons (Fsp3) is 0.200. The molecule has 4 nitrogen and oxygen atoms in total. The van der Waals surface area contributed by atoms with Crippen LogP contribution in [0.5, 0.6) is 0 Å². The maximum Gasteiger partial charge on any atom is 0.272 e. The van der Waals surface area contributed by atoms with E-state index in [2.05, 4.69) is 24.1 Å². The first-order chi connectivity index (χ1) is 9.08. The lowest BCUT2D eigenvalue weighted by Crippen LogP contribution is -2.17. The Bertz CT molecular complexity index is 644. The van der Waals surface area contributed by atoms with Gasteiger partial charge in [-0.25, -0.2) is 0 Å². The van der Waals surface area contributed by atoms with Crippen molar-refractivity contribution in [2.45, 2.75) is 19.8 Å². The SMILES string of the molecule is CC(C)c1ccccc1NC(=O)c1cc(=O)cc[nH]1. The van der Waals surface area contributed by atoms with Gasteiger partial charge in [0.25, 0.3) is 5.91 Å². The van der Waals surface area contributed by atoms with E-state index in [1.807, 2.05) is 24.3 Å². The van der Waals surface area contributed by atoms with E-state index < -0.39 is 0 Å². The summed E-state index contributed by atoms with van der Waals surface area (Å²) in [4.78, 5) is 26.0. The molecule has 0 fully saturated rings. The van der Waals surface area contributed by atoms with Gasteiger partial charge in [0.1, 0.15) is 5.69 Å². The van der Waals surface area contributed by atoms with Crippen LogP contribution in [-0.2, 0) is 0 Å². The van der Waals surface area contributed by atoms with Gasteiger partial charge in [-0.1, -0.05) is 32.0 Å². The molecule has 2 aromatic rings. The Kier molecular flexibility index (Phi) is 3.80. The first-order valence-corrected chi connectivity index (χ1v) is 6.17. The summed E-state index contributed by atoms with van der Waals surface area (Å²) >= 11 is 0. The van der Waals surface area contributed by atoms with Gasteiger partial charge in [0.15, 0.2) is 5.43 Å². The number of hydrogen-bond acceptors (Lipinski definition) is 2. The molecule has 0 spiro atoms. The molecule has 1 aromatic heterocycles. The van der Waals surface area contributed by atoms with Crippen LogP contribution in [0.2, 0.25) is 0 Å². The Morgan fingerprint density at radius 3 is 2.63 bits per heavy atom.